The van der Waals surface area contributed by atoms with Gasteiger partial charge in [-0.3, -0.25) is 9.59 Å². The molecule has 2 N–H and O–H groups in total. The van der Waals surface area contributed by atoms with E-state index in [1.165, 1.54) is 16.7 Å². The Bertz CT molecular complexity index is 899. The zero-order chi connectivity index (χ0) is 26.4. The Morgan fingerprint density at radius 3 is 2.40 bits per heavy atom. The molecule has 35 heavy (non-hydrogen) atoms. The molecule has 5 nitrogen and oxygen atoms in total. The van der Waals surface area contributed by atoms with E-state index >= 15 is 0 Å². The predicted molar refractivity (Wildman–Crippen MR) is 144 cm³/mol. The zero-order valence-electron chi connectivity index (χ0n) is 23.3. The van der Waals surface area contributed by atoms with Crippen LogP contribution in [0.4, 0.5) is 0 Å². The second kappa shape index (κ2) is 12.2. The molecule has 2 rings (SSSR count). The Kier molecular flexibility index (Phi) is 10.1. The van der Waals surface area contributed by atoms with Gasteiger partial charge in [0.1, 0.15) is 0 Å². The maximum atomic E-state index is 12.2. The summed E-state index contributed by atoms with van der Waals surface area (Å²) in [5, 5.41) is 13.1. The van der Waals surface area contributed by atoms with Crippen LogP contribution >= 0.6 is 0 Å². The minimum absolute atomic E-state index is 0.0804. The average Bonchev–Trinajstić information content (AvgIpc) is 2.82. The molecule has 0 spiro atoms. The van der Waals surface area contributed by atoms with Crippen LogP contribution in [0.5, 0.6) is 0 Å². The number of nitrogens with one attached hydrogen (secondary N) is 1. The van der Waals surface area contributed by atoms with Gasteiger partial charge in [0.15, 0.2) is 0 Å². The molecule has 0 aromatic heterocycles. The van der Waals surface area contributed by atoms with Gasteiger partial charge in [-0.1, -0.05) is 66.2 Å². The third-order valence-electron chi connectivity index (χ3n) is 7.84. The van der Waals surface area contributed by atoms with Crippen molar-refractivity contribution in [3.8, 4) is 0 Å². The quantitative estimate of drug-likeness (QED) is 0.361. The Labute approximate surface area is 213 Å². The number of amides is 1. The summed E-state index contributed by atoms with van der Waals surface area (Å²) >= 11 is 0. The fraction of sp³-hybridized carbons (Fsp3) is 0.667. The Hall–Kier alpha value is -2.14. The number of carboxylic acids is 1. The van der Waals surface area contributed by atoms with Crippen molar-refractivity contribution in [1.29, 1.82) is 0 Å². The Balaban J connectivity index is 2.45. The normalized spacial score (nSPS) is 21.0. The summed E-state index contributed by atoms with van der Waals surface area (Å²) in [5.41, 5.74) is 4.94. The first-order chi connectivity index (χ1) is 16.4. The highest BCUT2D eigenvalue weighted by molar-refractivity contribution is 5.70. The number of nitrogens with zero attached hydrogens (tertiary/aromatic N) is 1. The lowest BCUT2D eigenvalue weighted by atomic mass is 9.77. The number of rotatable bonds is 11. The van der Waals surface area contributed by atoms with Crippen molar-refractivity contribution in [3.63, 3.8) is 0 Å². The SMILES string of the molecule is CCc1cc(C(C)(NC)/C(=C\N(C=O)C2CCCC(C(=O)O)C2)C(C)C)ccc1CCC(C)(C)C. The molecule has 0 radical (unpaired) electrons. The van der Waals surface area contributed by atoms with Gasteiger partial charge in [0.2, 0.25) is 6.41 Å². The number of aryl methyl sites for hydroxylation is 2. The van der Waals surface area contributed by atoms with E-state index in [0.717, 1.165) is 44.1 Å². The smallest absolute Gasteiger partial charge is 0.306 e. The molecule has 3 unspecified atom stereocenters. The molecule has 1 saturated carbocycles. The Morgan fingerprint density at radius 2 is 1.89 bits per heavy atom. The van der Waals surface area contributed by atoms with Crippen LogP contribution in [0.15, 0.2) is 30.0 Å². The van der Waals surface area contributed by atoms with E-state index in [0.29, 0.717) is 18.3 Å². The fourth-order valence-electron chi connectivity index (χ4n) is 5.37. The van der Waals surface area contributed by atoms with E-state index in [1.54, 1.807) is 4.90 Å². The van der Waals surface area contributed by atoms with Gasteiger partial charge in [-0.15, -0.1) is 0 Å². The highest BCUT2D eigenvalue weighted by Crippen LogP contribution is 2.37. The summed E-state index contributed by atoms with van der Waals surface area (Å²) in [7, 11) is 1.97. The number of likely N-dealkylation sites (N-methyl/N-ethyl adjacent to an activating group) is 1. The van der Waals surface area contributed by atoms with Crippen molar-refractivity contribution < 1.29 is 14.7 Å². The maximum absolute atomic E-state index is 12.2. The van der Waals surface area contributed by atoms with Crippen molar-refractivity contribution in [2.75, 3.05) is 7.05 Å². The van der Waals surface area contributed by atoms with Crippen LogP contribution in [0.1, 0.15) is 97.3 Å². The molecule has 5 heteroatoms. The van der Waals surface area contributed by atoms with Gasteiger partial charge < -0.3 is 15.3 Å². The first-order valence-corrected chi connectivity index (χ1v) is 13.3. The van der Waals surface area contributed by atoms with E-state index in [9.17, 15) is 14.7 Å². The second-order valence-electron chi connectivity index (χ2n) is 11.9. The number of carbonyl (C=O) groups excluding carboxylic acids is 1. The Morgan fingerprint density at radius 1 is 1.20 bits per heavy atom. The monoisotopic (exact) mass is 484 g/mol. The van der Waals surface area contributed by atoms with Gasteiger partial charge in [0.25, 0.3) is 0 Å². The number of aliphatic carboxylic acids is 1. The third kappa shape index (κ3) is 7.42. The molecule has 3 atom stereocenters. The molecular formula is C30H48N2O3. The maximum Gasteiger partial charge on any atom is 0.306 e. The molecule has 1 amide bonds. The zero-order valence-corrected chi connectivity index (χ0v) is 23.3. The lowest BCUT2D eigenvalue weighted by Crippen LogP contribution is -2.43. The lowest BCUT2D eigenvalue weighted by Gasteiger charge is -2.39. The summed E-state index contributed by atoms with van der Waals surface area (Å²) in [5.74, 6) is -0.942. The van der Waals surface area contributed by atoms with E-state index in [1.807, 2.05) is 13.2 Å². The van der Waals surface area contributed by atoms with Crippen LogP contribution < -0.4 is 5.32 Å². The molecule has 1 aromatic rings. The summed E-state index contributed by atoms with van der Waals surface area (Å²) in [6, 6.07) is 6.76. The molecule has 0 aliphatic heterocycles. The molecule has 196 valence electrons. The molecule has 0 heterocycles. The minimum Gasteiger partial charge on any atom is -0.481 e. The highest BCUT2D eigenvalue weighted by atomic mass is 16.4. The van der Waals surface area contributed by atoms with Crippen molar-refractivity contribution in [3.05, 3.63) is 46.7 Å². The van der Waals surface area contributed by atoms with Crippen molar-refractivity contribution in [2.24, 2.45) is 17.3 Å². The van der Waals surface area contributed by atoms with Crippen LogP contribution in [-0.4, -0.2) is 35.5 Å². The second-order valence-corrected chi connectivity index (χ2v) is 11.9. The highest BCUT2D eigenvalue weighted by Gasteiger charge is 2.34. The van der Waals surface area contributed by atoms with Crippen molar-refractivity contribution in [1.82, 2.24) is 10.2 Å². The summed E-state index contributed by atoms with van der Waals surface area (Å²) < 4.78 is 0. The van der Waals surface area contributed by atoms with Gasteiger partial charge in [-0.05, 0) is 86.1 Å². The molecule has 1 aliphatic carbocycles. The van der Waals surface area contributed by atoms with Crippen LogP contribution in [0.3, 0.4) is 0 Å². The number of benzene rings is 1. The van der Waals surface area contributed by atoms with Crippen molar-refractivity contribution in [2.45, 2.75) is 105 Å². The fourth-order valence-corrected chi connectivity index (χ4v) is 5.37. The first-order valence-electron chi connectivity index (χ1n) is 13.3. The summed E-state index contributed by atoms with van der Waals surface area (Å²) in [6.07, 6.45) is 8.92. The van der Waals surface area contributed by atoms with Gasteiger partial charge in [-0.2, -0.15) is 0 Å². The lowest BCUT2D eigenvalue weighted by molar-refractivity contribution is -0.144. The summed E-state index contributed by atoms with van der Waals surface area (Å²) in [4.78, 5) is 25.5. The van der Waals surface area contributed by atoms with Crippen LogP contribution in [0.2, 0.25) is 0 Å². The number of hydrogen-bond donors (Lipinski definition) is 2. The van der Waals surface area contributed by atoms with Crippen molar-refractivity contribution >= 4 is 12.4 Å². The van der Waals surface area contributed by atoms with Crippen LogP contribution in [-0.2, 0) is 28.0 Å². The molecule has 1 aromatic carbocycles. The summed E-state index contributed by atoms with van der Waals surface area (Å²) in [6.45, 7) is 15.6. The van der Waals surface area contributed by atoms with Gasteiger partial charge in [0, 0.05) is 12.2 Å². The molecule has 0 saturated heterocycles. The van der Waals surface area contributed by atoms with E-state index in [-0.39, 0.29) is 17.9 Å². The molecule has 0 bridgehead atoms. The third-order valence-corrected chi connectivity index (χ3v) is 7.84. The molecule has 1 aliphatic rings. The topological polar surface area (TPSA) is 69.6 Å². The van der Waals surface area contributed by atoms with E-state index in [2.05, 4.69) is 72.0 Å². The number of carboxylic acid groups (broad SMARTS) is 1. The van der Waals surface area contributed by atoms with Gasteiger partial charge >= 0.3 is 5.97 Å². The van der Waals surface area contributed by atoms with E-state index in [4.69, 9.17) is 0 Å². The standard InChI is InChI=1S/C30H48N2O3/c1-9-22-17-25(14-13-23(22)15-16-29(4,5)6)30(7,31-8)27(21(2)3)19-32(20-33)26-12-10-11-24(18-26)28(34)35/h13-14,17,19-21,24,26,31H,9-12,15-16,18H2,1-8H3,(H,34,35)/b27-19-. The average molecular weight is 485 g/mol. The minimum atomic E-state index is -0.757. The van der Waals surface area contributed by atoms with Crippen LogP contribution in [0.25, 0.3) is 0 Å². The van der Waals surface area contributed by atoms with E-state index < -0.39 is 11.5 Å². The largest absolute Gasteiger partial charge is 0.481 e. The van der Waals surface area contributed by atoms with Crippen LogP contribution in [0, 0.1) is 17.3 Å². The molecular weight excluding hydrogens is 436 g/mol. The number of carbonyl (C=O) groups is 2. The number of hydrogen-bond acceptors (Lipinski definition) is 3. The van der Waals surface area contributed by atoms with Gasteiger partial charge in [-0.25, -0.2) is 0 Å². The molecule has 1 fully saturated rings. The van der Waals surface area contributed by atoms with Gasteiger partial charge in [0.05, 0.1) is 11.5 Å². The predicted octanol–water partition coefficient (Wildman–Crippen LogP) is 6.30. The first kappa shape index (κ1) is 29.1.